The molecule has 0 aromatic heterocycles. The Balaban J connectivity index is 0.00000180. The van der Waals surface area contributed by atoms with Crippen LogP contribution >= 0.6 is 0 Å². The molecule has 7 heteroatoms. The molecule has 2 aliphatic rings. The standard InChI is InChI=1S/C12H19N5S.Cu/c1-10(11-13-6-7-14-11)15-16-12(18)17-8-4-2-3-5-9-17;/h6-7H,2-5,8-9H2,1H3,(H2,13,14,15,16,18);/q;+2. The summed E-state index contributed by atoms with van der Waals surface area (Å²) in [6.45, 7) is 3.98. The number of allylic oxidation sites excluding steroid dienone is 1. The summed E-state index contributed by atoms with van der Waals surface area (Å²) in [4.78, 5) is 10.4. The second-order valence-corrected chi connectivity index (χ2v) is 4.83. The molecule has 0 unspecified atom stereocenters. The molecule has 0 spiro atoms. The van der Waals surface area contributed by atoms with Crippen molar-refractivity contribution >= 4 is 29.8 Å². The number of hydrogen-bond acceptors (Lipinski definition) is 3. The summed E-state index contributed by atoms with van der Waals surface area (Å²) in [7, 11) is 0. The molecule has 0 amide bonds. The molecule has 0 bridgehead atoms. The normalized spacial score (nSPS) is 18.9. The van der Waals surface area contributed by atoms with Gasteiger partial charge in [-0.25, -0.2) is 14.9 Å². The van der Waals surface area contributed by atoms with Crippen molar-refractivity contribution in [1.82, 2.24) is 10.3 Å². The quantitative estimate of drug-likeness (QED) is 0.274. The van der Waals surface area contributed by atoms with Crippen LogP contribution in [0.25, 0.3) is 5.43 Å². The van der Waals surface area contributed by atoms with Crippen molar-refractivity contribution in [3.05, 3.63) is 16.9 Å². The number of nitrogens with zero attached hydrogens (tertiary/aromatic N) is 4. The third kappa shape index (κ3) is 5.12. The molecule has 2 rings (SSSR count). The number of nitrogens with one attached hydrogen (secondary N) is 1. The summed E-state index contributed by atoms with van der Waals surface area (Å²) in [5.74, 6) is 0.677. The monoisotopic (exact) mass is 328 g/mol. The molecule has 0 aromatic rings. The van der Waals surface area contributed by atoms with Gasteiger partial charge in [-0.05, 0) is 19.8 Å². The largest absolute Gasteiger partial charge is 2.00 e. The first-order valence-corrected chi connectivity index (χ1v) is 6.77. The van der Waals surface area contributed by atoms with Crippen molar-refractivity contribution < 1.29 is 17.1 Å². The average Bonchev–Trinajstić information content (AvgIpc) is 2.78. The van der Waals surface area contributed by atoms with Crippen LogP contribution in [-0.4, -0.2) is 35.5 Å². The number of thiol groups is 1. The predicted octanol–water partition coefficient (Wildman–Crippen LogP) is 1.45. The van der Waals surface area contributed by atoms with Gasteiger partial charge < -0.3 is 10.9 Å². The molecule has 0 aliphatic carbocycles. The minimum atomic E-state index is 0. The van der Waals surface area contributed by atoms with E-state index in [1.807, 2.05) is 6.92 Å². The summed E-state index contributed by atoms with van der Waals surface area (Å²) in [5.41, 5.74) is 8.08. The molecule has 0 aromatic carbocycles. The Morgan fingerprint density at radius 3 is 2.37 bits per heavy atom. The maximum Gasteiger partial charge on any atom is 2.00 e. The van der Waals surface area contributed by atoms with Crippen LogP contribution < -0.4 is 5.43 Å². The Morgan fingerprint density at radius 2 is 1.79 bits per heavy atom. The third-order valence-electron chi connectivity index (χ3n) is 3.01. The first-order chi connectivity index (χ1) is 8.77. The predicted molar refractivity (Wildman–Crippen MR) is 80.0 cm³/mol. The first-order valence-electron chi connectivity index (χ1n) is 6.32. The van der Waals surface area contributed by atoms with Crippen molar-refractivity contribution in [2.45, 2.75) is 32.6 Å². The Kier molecular flexibility index (Phi) is 7.41. The maximum absolute atomic E-state index is 4.45. The van der Waals surface area contributed by atoms with E-state index in [1.54, 1.807) is 12.4 Å². The molecule has 107 valence electrons. The minimum Gasteiger partial charge on any atom is -0.480 e. The number of likely N-dealkylation sites (tertiary alicyclic amines) is 1. The van der Waals surface area contributed by atoms with E-state index in [-0.39, 0.29) is 17.1 Å². The van der Waals surface area contributed by atoms with Crippen molar-refractivity contribution in [3.8, 4) is 0 Å². The molecule has 1 N–H and O–H groups in total. The molecule has 0 atom stereocenters. The van der Waals surface area contributed by atoms with Gasteiger partial charge in [0, 0.05) is 31.2 Å². The third-order valence-corrected chi connectivity index (χ3v) is 3.39. The van der Waals surface area contributed by atoms with Gasteiger partial charge in [0.15, 0.2) is 23.2 Å². The van der Waals surface area contributed by atoms with Gasteiger partial charge >= 0.3 is 17.1 Å². The van der Waals surface area contributed by atoms with Gasteiger partial charge in [-0.15, -0.1) is 0 Å². The van der Waals surface area contributed by atoms with Gasteiger partial charge in [-0.1, -0.05) is 12.8 Å². The second-order valence-electron chi connectivity index (χ2n) is 4.43. The smallest absolute Gasteiger partial charge is 0.480 e. The Labute approximate surface area is 130 Å². The van der Waals surface area contributed by atoms with Gasteiger partial charge in [-0.3, -0.25) is 0 Å². The van der Waals surface area contributed by atoms with Gasteiger partial charge in [0.05, 0.1) is 0 Å². The van der Waals surface area contributed by atoms with E-state index in [1.165, 1.54) is 25.7 Å². The van der Waals surface area contributed by atoms with Gasteiger partial charge in [0.25, 0.3) is 0 Å². The zero-order valence-electron chi connectivity index (χ0n) is 10.9. The molecular weight excluding hydrogens is 310 g/mol. The number of aliphatic imine (C=N–C) groups is 2. The van der Waals surface area contributed by atoms with E-state index in [9.17, 15) is 0 Å². The number of hydrogen-bond donors (Lipinski definition) is 1. The van der Waals surface area contributed by atoms with Crippen LogP contribution in [0.5, 0.6) is 0 Å². The van der Waals surface area contributed by atoms with Crippen LogP contribution in [0.2, 0.25) is 0 Å². The van der Waals surface area contributed by atoms with Crippen LogP contribution in [0.1, 0.15) is 32.6 Å². The summed E-state index contributed by atoms with van der Waals surface area (Å²) in [5, 5.41) is 0.739. The molecule has 2 aliphatic heterocycles. The Hall–Kier alpha value is -0.591. The van der Waals surface area contributed by atoms with E-state index in [0.717, 1.165) is 23.9 Å². The maximum atomic E-state index is 4.45. The van der Waals surface area contributed by atoms with E-state index in [4.69, 9.17) is 0 Å². The van der Waals surface area contributed by atoms with Gasteiger partial charge in [0.2, 0.25) is 0 Å². The molecule has 0 saturated carbocycles. The fourth-order valence-corrected chi connectivity index (χ4v) is 2.21. The topological polar surface area (TPSA) is 54.1 Å². The SMILES string of the molecule is CC(N[N-]C(=[SH+])N1CCCCCC1)=C1N=CC=N1.[Cu+2]. The fourth-order valence-electron chi connectivity index (χ4n) is 1.96. The molecule has 1 radical (unpaired) electrons. The van der Waals surface area contributed by atoms with Gasteiger partial charge in [-0.2, -0.15) is 0 Å². The molecule has 1 fully saturated rings. The van der Waals surface area contributed by atoms with E-state index >= 15 is 0 Å². The summed E-state index contributed by atoms with van der Waals surface area (Å²) >= 11 is 4.45. The van der Waals surface area contributed by atoms with Crippen LogP contribution in [0.15, 0.2) is 21.5 Å². The summed E-state index contributed by atoms with van der Waals surface area (Å²) < 4.78 is 0. The van der Waals surface area contributed by atoms with E-state index in [0.29, 0.717) is 5.82 Å². The van der Waals surface area contributed by atoms with Crippen molar-refractivity contribution in [1.29, 1.82) is 0 Å². The zero-order valence-corrected chi connectivity index (χ0v) is 12.8. The van der Waals surface area contributed by atoms with E-state index in [2.05, 4.69) is 38.0 Å². The van der Waals surface area contributed by atoms with Crippen molar-refractivity contribution in [3.63, 3.8) is 0 Å². The van der Waals surface area contributed by atoms with Crippen LogP contribution in [0.3, 0.4) is 0 Å². The van der Waals surface area contributed by atoms with Crippen LogP contribution in [0.4, 0.5) is 0 Å². The van der Waals surface area contributed by atoms with Gasteiger partial charge in [0.1, 0.15) is 0 Å². The zero-order chi connectivity index (χ0) is 12.8. The Morgan fingerprint density at radius 1 is 1.21 bits per heavy atom. The summed E-state index contributed by atoms with van der Waals surface area (Å²) in [6, 6.07) is 0. The average molecular weight is 329 g/mol. The number of rotatable bonds is 2. The first kappa shape index (κ1) is 16.5. The molecule has 1 saturated heterocycles. The molecule has 2 heterocycles. The fraction of sp³-hybridized carbons (Fsp3) is 0.583. The summed E-state index contributed by atoms with van der Waals surface area (Å²) in [6.07, 6.45) is 8.37. The van der Waals surface area contributed by atoms with E-state index < -0.39 is 0 Å². The van der Waals surface area contributed by atoms with Crippen molar-refractivity contribution in [2.75, 3.05) is 13.1 Å². The molecular formula is C12H19CuN5S+2. The minimum absolute atomic E-state index is 0. The molecule has 5 nitrogen and oxygen atoms in total. The van der Waals surface area contributed by atoms with Crippen molar-refractivity contribution in [2.24, 2.45) is 9.98 Å². The Bertz CT molecular complexity index is 383. The second kappa shape index (κ2) is 8.55. The van der Waals surface area contributed by atoms with Crippen LogP contribution in [0, 0.1) is 0 Å². The van der Waals surface area contributed by atoms with Crippen LogP contribution in [-0.2, 0) is 29.3 Å². The molecule has 19 heavy (non-hydrogen) atoms.